The highest BCUT2D eigenvalue weighted by Crippen LogP contribution is 2.21. The number of nitriles is 1. The zero-order valence-electron chi connectivity index (χ0n) is 6.76. The van der Waals surface area contributed by atoms with E-state index < -0.39 is 6.86 Å². The van der Waals surface area contributed by atoms with Crippen molar-refractivity contribution in [3.05, 3.63) is 28.8 Å². The molecule has 0 bridgehead atoms. The van der Waals surface area contributed by atoms with Crippen LogP contribution >= 0.6 is 11.6 Å². The largest absolute Gasteiger partial charge is 0.463 e. The predicted octanol–water partition coefficient (Wildman–Crippen LogP) is 2.71. The van der Waals surface area contributed by atoms with E-state index in [1.807, 2.05) is 6.07 Å². The van der Waals surface area contributed by atoms with Crippen LogP contribution in [-0.4, -0.2) is 6.86 Å². The monoisotopic (exact) mass is 199 g/mol. The first kappa shape index (κ1) is 9.82. The molecule has 13 heavy (non-hydrogen) atoms. The molecule has 0 saturated carbocycles. The van der Waals surface area contributed by atoms with E-state index in [1.54, 1.807) is 12.1 Å². The van der Waals surface area contributed by atoms with Crippen molar-refractivity contribution in [1.82, 2.24) is 0 Å². The molecule has 1 aromatic rings. The number of nitrogens with zero attached hydrogens (tertiary/aromatic N) is 1. The maximum atomic E-state index is 11.8. The average Bonchev–Trinajstić information content (AvgIpc) is 2.04. The van der Waals surface area contributed by atoms with Crippen LogP contribution < -0.4 is 4.74 Å². The molecule has 68 valence electrons. The van der Waals surface area contributed by atoms with Gasteiger partial charge in [0.15, 0.2) is 0 Å². The van der Waals surface area contributed by atoms with Gasteiger partial charge in [-0.15, -0.1) is 0 Å². The maximum absolute atomic E-state index is 11.8. The molecule has 2 nitrogen and oxygen atoms in total. The molecule has 0 amide bonds. The van der Waals surface area contributed by atoms with Gasteiger partial charge in [0.05, 0.1) is 12.5 Å². The Hall–Kier alpha value is -1.27. The highest BCUT2D eigenvalue weighted by molar-refractivity contribution is 6.30. The van der Waals surface area contributed by atoms with Gasteiger partial charge < -0.3 is 4.74 Å². The molecule has 1 aromatic carbocycles. The SMILES string of the molecule is N#CCc1cc(Cl)cc(OCF)c1. The van der Waals surface area contributed by atoms with E-state index in [2.05, 4.69) is 4.74 Å². The van der Waals surface area contributed by atoms with Crippen LogP contribution in [0.3, 0.4) is 0 Å². The first-order valence-corrected chi connectivity index (χ1v) is 3.99. The Morgan fingerprint density at radius 2 is 2.23 bits per heavy atom. The van der Waals surface area contributed by atoms with Crippen LogP contribution in [0.4, 0.5) is 4.39 Å². The number of hydrogen-bond acceptors (Lipinski definition) is 2. The van der Waals surface area contributed by atoms with E-state index in [-0.39, 0.29) is 6.42 Å². The van der Waals surface area contributed by atoms with Crippen LogP contribution in [0.25, 0.3) is 0 Å². The molecule has 1 rings (SSSR count). The first-order chi connectivity index (χ1) is 6.26. The third kappa shape index (κ3) is 2.92. The van der Waals surface area contributed by atoms with Gasteiger partial charge in [0, 0.05) is 5.02 Å². The highest BCUT2D eigenvalue weighted by Gasteiger charge is 2.00. The molecule has 0 fully saturated rings. The number of alkyl halides is 1. The van der Waals surface area contributed by atoms with Gasteiger partial charge in [0.2, 0.25) is 6.86 Å². The van der Waals surface area contributed by atoms with Crippen molar-refractivity contribution in [3.63, 3.8) is 0 Å². The lowest BCUT2D eigenvalue weighted by Gasteiger charge is -2.03. The van der Waals surface area contributed by atoms with Crippen LogP contribution in [0.15, 0.2) is 18.2 Å². The molecule has 0 unspecified atom stereocenters. The summed E-state index contributed by atoms with van der Waals surface area (Å²) in [5, 5.41) is 8.86. The fourth-order valence-corrected chi connectivity index (χ4v) is 1.21. The van der Waals surface area contributed by atoms with Gasteiger partial charge in [-0.3, -0.25) is 0 Å². The number of halogens is 2. The van der Waals surface area contributed by atoms with Crippen molar-refractivity contribution < 1.29 is 9.13 Å². The third-order valence-electron chi connectivity index (χ3n) is 1.44. The summed E-state index contributed by atoms with van der Waals surface area (Å²) < 4.78 is 16.4. The quantitative estimate of drug-likeness (QED) is 0.750. The normalized spacial score (nSPS) is 9.31. The predicted molar refractivity (Wildman–Crippen MR) is 47.4 cm³/mol. The fraction of sp³-hybridized carbons (Fsp3) is 0.222. The molecule has 0 saturated heterocycles. The lowest BCUT2D eigenvalue weighted by Crippen LogP contribution is -1.91. The summed E-state index contributed by atoms with van der Waals surface area (Å²) in [7, 11) is 0. The number of ether oxygens (including phenoxy) is 1. The number of hydrogen-bond donors (Lipinski definition) is 0. The Labute approximate surface area is 80.5 Å². The zero-order chi connectivity index (χ0) is 9.68. The Kier molecular flexibility index (Phi) is 3.53. The average molecular weight is 200 g/mol. The van der Waals surface area contributed by atoms with Crippen molar-refractivity contribution in [2.24, 2.45) is 0 Å². The van der Waals surface area contributed by atoms with Crippen molar-refractivity contribution in [2.75, 3.05) is 6.86 Å². The summed E-state index contributed by atoms with van der Waals surface area (Å²) in [6.07, 6.45) is 0.239. The molecule has 4 heteroatoms. The van der Waals surface area contributed by atoms with Gasteiger partial charge in [0.1, 0.15) is 5.75 Å². The fourth-order valence-electron chi connectivity index (χ4n) is 0.960. The Bertz CT molecular complexity index is 335. The highest BCUT2D eigenvalue weighted by atomic mass is 35.5. The van der Waals surface area contributed by atoms with Crippen molar-refractivity contribution in [1.29, 1.82) is 5.26 Å². The van der Waals surface area contributed by atoms with E-state index >= 15 is 0 Å². The summed E-state index contributed by atoms with van der Waals surface area (Å²) >= 11 is 5.71. The van der Waals surface area contributed by atoms with E-state index in [9.17, 15) is 4.39 Å². The molecular weight excluding hydrogens is 193 g/mol. The standard InChI is InChI=1S/C9H7ClFNO/c10-8-3-7(1-2-12)4-9(5-8)13-6-11/h3-5H,1,6H2. The molecule has 0 spiro atoms. The second-order valence-corrected chi connectivity index (χ2v) is 2.82. The molecule has 0 atom stereocenters. The van der Waals surface area contributed by atoms with Gasteiger partial charge >= 0.3 is 0 Å². The smallest absolute Gasteiger partial charge is 0.228 e. The molecule has 0 heterocycles. The molecule has 0 aliphatic heterocycles. The third-order valence-corrected chi connectivity index (χ3v) is 1.65. The van der Waals surface area contributed by atoms with Crippen LogP contribution in [0, 0.1) is 11.3 Å². The minimum absolute atomic E-state index is 0.239. The summed E-state index contributed by atoms with van der Waals surface area (Å²) in [5.41, 5.74) is 0.721. The van der Waals surface area contributed by atoms with E-state index in [1.165, 1.54) is 6.07 Å². The summed E-state index contributed by atoms with van der Waals surface area (Å²) in [4.78, 5) is 0. The van der Waals surface area contributed by atoms with Crippen LogP contribution in [0.5, 0.6) is 5.75 Å². The van der Waals surface area contributed by atoms with Crippen LogP contribution in [0.2, 0.25) is 5.02 Å². The van der Waals surface area contributed by atoms with Crippen LogP contribution in [0.1, 0.15) is 5.56 Å². The van der Waals surface area contributed by atoms with E-state index in [0.29, 0.717) is 10.8 Å². The van der Waals surface area contributed by atoms with Crippen molar-refractivity contribution >= 4 is 11.6 Å². The van der Waals surface area contributed by atoms with Gasteiger partial charge in [-0.2, -0.15) is 5.26 Å². The van der Waals surface area contributed by atoms with Crippen molar-refractivity contribution in [2.45, 2.75) is 6.42 Å². The lowest BCUT2D eigenvalue weighted by atomic mass is 10.1. The minimum atomic E-state index is -0.896. The Morgan fingerprint density at radius 1 is 1.46 bits per heavy atom. The molecule has 0 aliphatic carbocycles. The Morgan fingerprint density at radius 3 is 2.85 bits per heavy atom. The summed E-state index contributed by atoms with van der Waals surface area (Å²) in [6.45, 7) is -0.896. The molecule has 0 N–H and O–H groups in total. The summed E-state index contributed by atoms with van der Waals surface area (Å²) in [6, 6.07) is 6.72. The maximum Gasteiger partial charge on any atom is 0.228 e. The number of rotatable bonds is 3. The first-order valence-electron chi connectivity index (χ1n) is 3.61. The molecular formula is C9H7ClFNO. The van der Waals surface area contributed by atoms with Gasteiger partial charge in [-0.25, -0.2) is 4.39 Å². The summed E-state index contributed by atoms with van der Waals surface area (Å²) in [5.74, 6) is 0.347. The molecule has 0 aromatic heterocycles. The topological polar surface area (TPSA) is 33.0 Å². The minimum Gasteiger partial charge on any atom is -0.463 e. The molecule has 0 radical (unpaired) electrons. The second-order valence-electron chi connectivity index (χ2n) is 2.38. The van der Waals surface area contributed by atoms with E-state index in [0.717, 1.165) is 5.56 Å². The van der Waals surface area contributed by atoms with Crippen molar-refractivity contribution in [3.8, 4) is 11.8 Å². The van der Waals surface area contributed by atoms with E-state index in [4.69, 9.17) is 16.9 Å². The molecule has 0 aliphatic rings. The zero-order valence-corrected chi connectivity index (χ0v) is 7.51. The second kappa shape index (κ2) is 4.68. The van der Waals surface area contributed by atoms with Gasteiger partial charge in [-0.05, 0) is 23.8 Å². The van der Waals surface area contributed by atoms with Crippen LogP contribution in [-0.2, 0) is 6.42 Å². The Balaban J connectivity index is 2.91. The lowest BCUT2D eigenvalue weighted by molar-refractivity contribution is 0.191. The number of benzene rings is 1. The van der Waals surface area contributed by atoms with Gasteiger partial charge in [0.25, 0.3) is 0 Å². The van der Waals surface area contributed by atoms with Gasteiger partial charge in [-0.1, -0.05) is 11.6 Å².